The van der Waals surface area contributed by atoms with Gasteiger partial charge in [0.2, 0.25) is 5.78 Å². The van der Waals surface area contributed by atoms with Gasteiger partial charge in [-0.25, -0.2) is 13.1 Å². The van der Waals surface area contributed by atoms with Crippen molar-refractivity contribution in [2.45, 2.75) is 18.7 Å². The first-order chi connectivity index (χ1) is 11.2. The van der Waals surface area contributed by atoms with Crippen LogP contribution in [0.4, 0.5) is 0 Å². The van der Waals surface area contributed by atoms with Gasteiger partial charge in [-0.2, -0.15) is 0 Å². The minimum Gasteiger partial charge on any atom is -0.291 e. The van der Waals surface area contributed by atoms with Gasteiger partial charge in [-0.05, 0) is 25.1 Å². The molecule has 24 heavy (non-hydrogen) atoms. The predicted octanol–water partition coefficient (Wildman–Crippen LogP) is 1.89. The van der Waals surface area contributed by atoms with Crippen LogP contribution in [0.25, 0.3) is 0 Å². The Kier molecular flexibility index (Phi) is 4.94. The third kappa shape index (κ3) is 3.75. The lowest BCUT2D eigenvalue weighted by molar-refractivity contribution is -0.113. The number of hydrogen-bond donors (Lipinski definition) is 1. The maximum Gasteiger partial charge on any atom is 0.265 e. The summed E-state index contributed by atoms with van der Waals surface area (Å²) >= 11 is 0. The zero-order valence-corrected chi connectivity index (χ0v) is 13.9. The van der Waals surface area contributed by atoms with Gasteiger partial charge < -0.3 is 0 Å². The molecule has 6 nitrogen and oxygen atoms in total. The van der Waals surface area contributed by atoms with Gasteiger partial charge in [0.15, 0.2) is 5.78 Å². The molecule has 0 atom stereocenters. The van der Waals surface area contributed by atoms with Gasteiger partial charge in [0.05, 0.1) is 10.5 Å². The van der Waals surface area contributed by atoms with E-state index in [-0.39, 0.29) is 16.0 Å². The number of amides is 1. The van der Waals surface area contributed by atoms with Gasteiger partial charge in [0.1, 0.15) is 0 Å². The summed E-state index contributed by atoms with van der Waals surface area (Å²) in [5.41, 5.74) is 0.563. The van der Waals surface area contributed by atoms with Gasteiger partial charge in [-0.3, -0.25) is 14.4 Å². The summed E-state index contributed by atoms with van der Waals surface area (Å²) < 4.78 is 26.4. The summed E-state index contributed by atoms with van der Waals surface area (Å²) in [7, 11) is -4.08. The molecule has 0 spiro atoms. The van der Waals surface area contributed by atoms with Crippen molar-refractivity contribution >= 4 is 27.5 Å². The molecule has 0 aliphatic carbocycles. The number of rotatable bonds is 5. The molecule has 0 heterocycles. The second kappa shape index (κ2) is 6.76. The van der Waals surface area contributed by atoms with Crippen LogP contribution >= 0.6 is 0 Å². The molecule has 1 N–H and O–H groups in total. The van der Waals surface area contributed by atoms with Crippen LogP contribution < -0.4 is 4.72 Å². The molecule has 0 saturated carbocycles. The van der Waals surface area contributed by atoms with E-state index in [1.54, 1.807) is 19.1 Å². The number of hydrogen-bond acceptors (Lipinski definition) is 5. The highest BCUT2D eigenvalue weighted by molar-refractivity contribution is 7.90. The van der Waals surface area contributed by atoms with Crippen molar-refractivity contribution in [1.82, 2.24) is 4.72 Å². The Morgan fingerprint density at radius 1 is 0.875 bits per heavy atom. The van der Waals surface area contributed by atoms with E-state index in [4.69, 9.17) is 0 Å². The highest BCUT2D eigenvalue weighted by Gasteiger charge is 2.23. The van der Waals surface area contributed by atoms with E-state index in [0.717, 1.165) is 12.5 Å². The fourth-order valence-electron chi connectivity index (χ4n) is 2.02. The molecule has 0 unspecified atom stereocenters. The Bertz CT molecular complexity index is 914. The third-order valence-electron chi connectivity index (χ3n) is 3.29. The molecule has 2 aromatic carbocycles. The Labute approximate surface area is 139 Å². The van der Waals surface area contributed by atoms with Crippen molar-refractivity contribution < 1.29 is 22.8 Å². The summed E-state index contributed by atoms with van der Waals surface area (Å²) in [4.78, 5) is 35.3. The molecular weight excluding hydrogens is 330 g/mol. The van der Waals surface area contributed by atoms with Crippen LogP contribution in [-0.2, 0) is 14.8 Å². The molecule has 0 saturated heterocycles. The molecule has 0 bridgehead atoms. The molecule has 0 fully saturated rings. The number of nitrogens with one attached hydrogen (secondary N) is 1. The normalized spacial score (nSPS) is 10.9. The predicted molar refractivity (Wildman–Crippen MR) is 87.3 cm³/mol. The SMILES string of the molecule is CC(=O)C(=O)c1ccccc1C(=O)NS(=O)(=O)c1ccc(C)cc1. The molecule has 2 rings (SSSR count). The Balaban J connectivity index is 2.35. The summed E-state index contributed by atoms with van der Waals surface area (Å²) in [5, 5.41) is 0. The number of carbonyl (C=O) groups is 3. The second-order valence-corrected chi connectivity index (χ2v) is 6.86. The number of benzene rings is 2. The van der Waals surface area contributed by atoms with Crippen LogP contribution in [-0.4, -0.2) is 25.9 Å². The van der Waals surface area contributed by atoms with E-state index in [2.05, 4.69) is 0 Å². The number of Topliss-reactive ketones (excluding diaryl/α,β-unsaturated/α-hetero) is 2. The van der Waals surface area contributed by atoms with Crippen LogP contribution in [0.5, 0.6) is 0 Å². The molecule has 2 aromatic rings. The van der Waals surface area contributed by atoms with Crippen LogP contribution in [0.1, 0.15) is 33.2 Å². The van der Waals surface area contributed by atoms with Gasteiger partial charge >= 0.3 is 0 Å². The quantitative estimate of drug-likeness (QED) is 0.659. The van der Waals surface area contributed by atoms with Crippen molar-refractivity contribution in [3.8, 4) is 0 Å². The van der Waals surface area contributed by atoms with Gasteiger partial charge in [-0.15, -0.1) is 0 Å². The van der Waals surface area contributed by atoms with Crippen molar-refractivity contribution in [2.75, 3.05) is 0 Å². The first-order valence-electron chi connectivity index (χ1n) is 7.00. The maximum absolute atomic E-state index is 12.3. The summed E-state index contributed by atoms with van der Waals surface area (Å²) in [6.07, 6.45) is 0. The minimum absolute atomic E-state index is 0.0724. The molecule has 1 amide bonds. The van der Waals surface area contributed by atoms with E-state index >= 15 is 0 Å². The van der Waals surface area contributed by atoms with Crippen molar-refractivity contribution in [3.05, 3.63) is 65.2 Å². The largest absolute Gasteiger partial charge is 0.291 e. The van der Waals surface area contributed by atoms with Crippen LogP contribution in [0.15, 0.2) is 53.4 Å². The lowest BCUT2D eigenvalue weighted by Gasteiger charge is -2.09. The molecule has 0 aromatic heterocycles. The summed E-state index contributed by atoms with van der Waals surface area (Å²) in [6.45, 7) is 2.89. The van der Waals surface area contributed by atoms with E-state index in [9.17, 15) is 22.8 Å². The summed E-state index contributed by atoms with van der Waals surface area (Å²) in [5.74, 6) is -2.56. The van der Waals surface area contributed by atoms with Crippen molar-refractivity contribution in [3.63, 3.8) is 0 Å². The summed E-state index contributed by atoms with van der Waals surface area (Å²) in [6, 6.07) is 11.5. The standard InChI is InChI=1S/C17H15NO5S/c1-11-7-9-13(10-8-11)24(22,23)18-17(21)15-6-4-3-5-14(15)16(20)12(2)19/h3-10H,1-2H3,(H,18,21). The molecular formula is C17H15NO5S. The lowest BCUT2D eigenvalue weighted by atomic mass is 10.0. The van der Waals surface area contributed by atoms with Gasteiger partial charge in [0, 0.05) is 12.5 Å². The average molecular weight is 345 g/mol. The first-order valence-corrected chi connectivity index (χ1v) is 8.49. The van der Waals surface area contributed by atoms with Gasteiger partial charge in [0.25, 0.3) is 15.9 Å². The topological polar surface area (TPSA) is 97.4 Å². The maximum atomic E-state index is 12.3. The molecule has 0 aliphatic heterocycles. The minimum atomic E-state index is -4.08. The van der Waals surface area contributed by atoms with Crippen LogP contribution in [0.3, 0.4) is 0 Å². The number of ketones is 2. The second-order valence-electron chi connectivity index (χ2n) is 5.18. The van der Waals surface area contributed by atoms with E-state index in [0.29, 0.717) is 0 Å². The Morgan fingerprint density at radius 2 is 1.42 bits per heavy atom. The molecule has 124 valence electrons. The molecule has 7 heteroatoms. The van der Waals surface area contributed by atoms with E-state index in [1.807, 2.05) is 4.72 Å². The monoisotopic (exact) mass is 345 g/mol. The first kappa shape index (κ1) is 17.6. The van der Waals surface area contributed by atoms with Gasteiger partial charge in [-0.1, -0.05) is 35.9 Å². The molecule has 0 radical (unpaired) electrons. The number of carbonyl (C=O) groups excluding carboxylic acids is 3. The van der Waals surface area contributed by atoms with E-state index < -0.39 is 27.5 Å². The van der Waals surface area contributed by atoms with Crippen molar-refractivity contribution in [2.24, 2.45) is 0 Å². The fourth-order valence-corrected chi connectivity index (χ4v) is 2.99. The fraction of sp³-hybridized carbons (Fsp3) is 0.118. The Hall–Kier alpha value is -2.80. The zero-order chi connectivity index (χ0) is 17.9. The van der Waals surface area contributed by atoms with Crippen molar-refractivity contribution in [1.29, 1.82) is 0 Å². The third-order valence-corrected chi connectivity index (χ3v) is 4.64. The number of sulfonamides is 1. The Morgan fingerprint density at radius 3 is 1.96 bits per heavy atom. The zero-order valence-electron chi connectivity index (χ0n) is 13.1. The highest BCUT2D eigenvalue weighted by atomic mass is 32.2. The smallest absolute Gasteiger partial charge is 0.265 e. The highest BCUT2D eigenvalue weighted by Crippen LogP contribution is 2.14. The number of aryl methyl sites for hydroxylation is 1. The van der Waals surface area contributed by atoms with Crippen LogP contribution in [0, 0.1) is 6.92 Å². The van der Waals surface area contributed by atoms with E-state index in [1.165, 1.54) is 36.4 Å². The molecule has 0 aliphatic rings. The lowest BCUT2D eigenvalue weighted by Crippen LogP contribution is -2.32. The average Bonchev–Trinajstić information content (AvgIpc) is 2.54. The van der Waals surface area contributed by atoms with Crippen LogP contribution in [0.2, 0.25) is 0 Å².